The van der Waals surface area contributed by atoms with Crippen molar-refractivity contribution < 1.29 is 18.0 Å². The van der Waals surface area contributed by atoms with E-state index in [2.05, 4.69) is 5.32 Å². The number of rotatable bonds is 4. The summed E-state index contributed by atoms with van der Waals surface area (Å²) < 4.78 is 36.6. The van der Waals surface area contributed by atoms with Crippen LogP contribution in [0.15, 0.2) is 34.7 Å². The standard InChI is InChI=1S/C14H11F3N2OS/c15-14(16,17)21-12-5-1-9(2-6-12)7-10(8-18)13(20)19-11-3-4-11/h1-2,5-7,11H,3-4H2,(H,19,20). The van der Waals surface area contributed by atoms with E-state index in [-0.39, 0.29) is 28.3 Å². The number of hydrogen-bond acceptors (Lipinski definition) is 3. The third-order valence-electron chi connectivity index (χ3n) is 2.70. The molecular weight excluding hydrogens is 301 g/mol. The smallest absolute Gasteiger partial charge is 0.349 e. The highest BCUT2D eigenvalue weighted by Gasteiger charge is 2.29. The Kier molecular flexibility index (Phi) is 4.58. The van der Waals surface area contributed by atoms with Crippen molar-refractivity contribution in [3.05, 3.63) is 35.4 Å². The van der Waals surface area contributed by atoms with Crippen molar-refractivity contribution in [2.45, 2.75) is 29.3 Å². The molecule has 0 saturated heterocycles. The minimum atomic E-state index is -4.33. The average molecular weight is 312 g/mol. The second-order valence-electron chi connectivity index (χ2n) is 4.53. The van der Waals surface area contributed by atoms with Crippen LogP contribution in [0, 0.1) is 11.3 Å². The molecule has 1 aromatic carbocycles. The molecule has 1 amide bonds. The fourth-order valence-corrected chi connectivity index (χ4v) is 2.11. The second-order valence-corrected chi connectivity index (χ2v) is 5.67. The molecule has 1 N–H and O–H groups in total. The van der Waals surface area contributed by atoms with E-state index in [1.165, 1.54) is 30.3 Å². The molecule has 1 aromatic rings. The molecular formula is C14H11F3N2OS. The third-order valence-corrected chi connectivity index (χ3v) is 3.44. The van der Waals surface area contributed by atoms with Crippen LogP contribution in [-0.4, -0.2) is 17.5 Å². The van der Waals surface area contributed by atoms with E-state index >= 15 is 0 Å². The number of carbonyl (C=O) groups is 1. The molecule has 0 radical (unpaired) electrons. The van der Waals surface area contributed by atoms with E-state index in [9.17, 15) is 18.0 Å². The van der Waals surface area contributed by atoms with Crippen LogP contribution in [0.5, 0.6) is 0 Å². The highest BCUT2D eigenvalue weighted by atomic mass is 32.2. The summed E-state index contributed by atoms with van der Waals surface area (Å²) in [5.41, 5.74) is -3.89. The lowest BCUT2D eigenvalue weighted by atomic mass is 10.1. The Morgan fingerprint density at radius 2 is 1.95 bits per heavy atom. The summed E-state index contributed by atoms with van der Waals surface area (Å²) in [5.74, 6) is -0.450. The van der Waals surface area contributed by atoms with Gasteiger partial charge in [-0.3, -0.25) is 4.79 Å². The van der Waals surface area contributed by atoms with Crippen molar-refractivity contribution in [2.24, 2.45) is 0 Å². The van der Waals surface area contributed by atoms with Crippen LogP contribution < -0.4 is 5.32 Å². The first-order chi connectivity index (χ1) is 9.87. The molecule has 0 heterocycles. The summed E-state index contributed by atoms with van der Waals surface area (Å²) >= 11 is -0.208. The van der Waals surface area contributed by atoms with Gasteiger partial charge in [0.15, 0.2) is 0 Å². The predicted octanol–water partition coefficient (Wildman–Crippen LogP) is 3.48. The Hall–Kier alpha value is -1.94. The van der Waals surface area contributed by atoms with Gasteiger partial charge in [0.2, 0.25) is 0 Å². The molecule has 2 rings (SSSR count). The number of hydrogen-bond donors (Lipinski definition) is 1. The number of nitrogens with zero attached hydrogens (tertiary/aromatic N) is 1. The van der Waals surface area contributed by atoms with Crippen LogP contribution in [0.25, 0.3) is 6.08 Å². The van der Waals surface area contributed by atoms with Gasteiger partial charge in [0.1, 0.15) is 11.6 Å². The van der Waals surface area contributed by atoms with E-state index in [4.69, 9.17) is 5.26 Å². The summed E-state index contributed by atoms with van der Waals surface area (Å²) in [5, 5.41) is 11.7. The molecule has 1 aliphatic rings. The zero-order valence-electron chi connectivity index (χ0n) is 10.8. The highest BCUT2D eigenvalue weighted by Crippen LogP contribution is 2.36. The van der Waals surface area contributed by atoms with Crippen LogP contribution in [0.1, 0.15) is 18.4 Å². The zero-order chi connectivity index (χ0) is 15.5. The summed E-state index contributed by atoms with van der Waals surface area (Å²) in [4.78, 5) is 11.8. The summed E-state index contributed by atoms with van der Waals surface area (Å²) in [6.07, 6.45) is 3.18. The van der Waals surface area contributed by atoms with E-state index in [1.807, 2.05) is 0 Å². The van der Waals surface area contributed by atoms with Crippen LogP contribution >= 0.6 is 11.8 Å². The number of alkyl halides is 3. The number of carbonyl (C=O) groups excluding carboxylic acids is 1. The SMILES string of the molecule is N#CC(=Cc1ccc(SC(F)(F)F)cc1)C(=O)NC1CC1. The quantitative estimate of drug-likeness (QED) is 0.526. The molecule has 1 saturated carbocycles. The number of nitriles is 1. The molecule has 0 unspecified atom stereocenters. The number of benzene rings is 1. The number of thioether (sulfide) groups is 1. The summed E-state index contributed by atoms with van der Waals surface area (Å²) in [7, 11) is 0. The first-order valence-corrected chi connectivity index (χ1v) is 6.97. The molecule has 7 heteroatoms. The maximum atomic E-state index is 12.2. The van der Waals surface area contributed by atoms with Gasteiger partial charge in [-0.2, -0.15) is 18.4 Å². The second kappa shape index (κ2) is 6.22. The van der Waals surface area contributed by atoms with Gasteiger partial charge in [-0.15, -0.1) is 0 Å². The van der Waals surface area contributed by atoms with Gasteiger partial charge in [0.25, 0.3) is 5.91 Å². The van der Waals surface area contributed by atoms with Crippen molar-refractivity contribution in [1.82, 2.24) is 5.32 Å². The van der Waals surface area contributed by atoms with Gasteiger partial charge in [-0.1, -0.05) is 12.1 Å². The molecule has 1 fully saturated rings. The Labute approximate surface area is 123 Å². The highest BCUT2D eigenvalue weighted by molar-refractivity contribution is 8.00. The Morgan fingerprint density at radius 1 is 1.33 bits per heavy atom. The monoisotopic (exact) mass is 312 g/mol. The van der Waals surface area contributed by atoms with E-state index in [0.29, 0.717) is 5.56 Å². The van der Waals surface area contributed by atoms with Crippen molar-refractivity contribution in [3.8, 4) is 6.07 Å². The van der Waals surface area contributed by atoms with Crippen molar-refractivity contribution in [3.63, 3.8) is 0 Å². The molecule has 0 aliphatic heterocycles. The Morgan fingerprint density at radius 3 is 2.43 bits per heavy atom. The van der Waals surface area contributed by atoms with Gasteiger partial charge in [-0.05, 0) is 48.4 Å². The molecule has 110 valence electrons. The molecule has 21 heavy (non-hydrogen) atoms. The molecule has 0 bridgehead atoms. The maximum Gasteiger partial charge on any atom is 0.446 e. The largest absolute Gasteiger partial charge is 0.446 e. The zero-order valence-corrected chi connectivity index (χ0v) is 11.6. The first-order valence-electron chi connectivity index (χ1n) is 6.16. The fraction of sp³-hybridized carbons (Fsp3) is 0.286. The van der Waals surface area contributed by atoms with Crippen LogP contribution in [0.2, 0.25) is 0 Å². The van der Waals surface area contributed by atoms with Gasteiger partial charge in [0.05, 0.1) is 0 Å². The normalized spacial score (nSPS) is 15.4. The lowest BCUT2D eigenvalue weighted by Crippen LogP contribution is -2.26. The molecule has 0 spiro atoms. The molecule has 1 aliphatic carbocycles. The van der Waals surface area contributed by atoms with Gasteiger partial charge < -0.3 is 5.32 Å². The lowest BCUT2D eigenvalue weighted by molar-refractivity contribution is -0.117. The van der Waals surface area contributed by atoms with Crippen LogP contribution in [0.4, 0.5) is 13.2 Å². The fourth-order valence-electron chi connectivity index (χ4n) is 1.57. The van der Waals surface area contributed by atoms with E-state index in [1.54, 1.807) is 6.07 Å². The number of nitrogens with one attached hydrogen (secondary N) is 1. The maximum absolute atomic E-state index is 12.2. The van der Waals surface area contributed by atoms with Gasteiger partial charge in [0, 0.05) is 10.9 Å². The minimum Gasteiger partial charge on any atom is -0.349 e. The number of amides is 1. The third kappa shape index (κ3) is 5.16. The first kappa shape index (κ1) is 15.4. The lowest BCUT2D eigenvalue weighted by Gasteiger charge is -2.05. The summed E-state index contributed by atoms with van der Waals surface area (Å²) in [6, 6.07) is 7.43. The van der Waals surface area contributed by atoms with Crippen molar-refractivity contribution in [1.29, 1.82) is 5.26 Å². The predicted molar refractivity (Wildman–Crippen MR) is 73.1 cm³/mol. The van der Waals surface area contributed by atoms with Gasteiger partial charge in [-0.25, -0.2) is 0 Å². The van der Waals surface area contributed by atoms with Crippen LogP contribution in [0.3, 0.4) is 0 Å². The van der Waals surface area contributed by atoms with Gasteiger partial charge >= 0.3 is 5.51 Å². The Balaban J connectivity index is 2.08. The minimum absolute atomic E-state index is 0.0561. The van der Waals surface area contributed by atoms with E-state index < -0.39 is 11.4 Å². The van der Waals surface area contributed by atoms with Crippen molar-refractivity contribution in [2.75, 3.05) is 0 Å². The molecule has 0 atom stereocenters. The summed E-state index contributed by atoms with van der Waals surface area (Å²) in [6.45, 7) is 0. The van der Waals surface area contributed by atoms with Crippen molar-refractivity contribution >= 4 is 23.7 Å². The van der Waals surface area contributed by atoms with Crippen LogP contribution in [-0.2, 0) is 4.79 Å². The topological polar surface area (TPSA) is 52.9 Å². The molecule has 3 nitrogen and oxygen atoms in total. The molecule has 0 aromatic heterocycles. The Bertz CT molecular complexity index is 598. The number of halogens is 3. The van der Waals surface area contributed by atoms with E-state index in [0.717, 1.165) is 12.8 Å². The average Bonchev–Trinajstić information content (AvgIpc) is 3.20.